The standard InChI is InChI=1S/C19H35N5.HI/c1-6-20-18(23-16-7-9-19(4,5)10-8-16)22-13-17-21-11-12-24(17)14-15(2)3;/h11-12,15-16H,6-10,13-14H2,1-5H3,(H2,20,22,23);1H. The third-order valence-electron chi connectivity index (χ3n) is 4.77. The minimum Gasteiger partial charge on any atom is -0.357 e. The highest BCUT2D eigenvalue weighted by Gasteiger charge is 2.27. The van der Waals surface area contributed by atoms with Crippen molar-refractivity contribution >= 4 is 29.9 Å². The van der Waals surface area contributed by atoms with E-state index in [1.165, 1.54) is 25.7 Å². The molecule has 0 unspecified atom stereocenters. The van der Waals surface area contributed by atoms with Crippen LogP contribution in [0, 0.1) is 11.3 Å². The number of aromatic nitrogens is 2. The van der Waals surface area contributed by atoms with Crippen LogP contribution in [0.1, 0.15) is 66.1 Å². The zero-order chi connectivity index (χ0) is 17.6. The van der Waals surface area contributed by atoms with E-state index in [1.54, 1.807) is 0 Å². The van der Waals surface area contributed by atoms with Gasteiger partial charge < -0.3 is 15.2 Å². The summed E-state index contributed by atoms with van der Waals surface area (Å²) < 4.78 is 2.21. The predicted octanol–water partition coefficient (Wildman–Crippen LogP) is 4.18. The SMILES string of the molecule is CCNC(=NCc1nccn1CC(C)C)NC1CCC(C)(C)CC1.I. The van der Waals surface area contributed by atoms with Crippen LogP contribution in [-0.2, 0) is 13.1 Å². The Morgan fingerprint density at radius 1 is 1.36 bits per heavy atom. The first-order valence-corrected chi connectivity index (χ1v) is 9.44. The number of imidazole rings is 1. The summed E-state index contributed by atoms with van der Waals surface area (Å²) >= 11 is 0. The van der Waals surface area contributed by atoms with Gasteiger partial charge in [-0.15, -0.1) is 24.0 Å². The molecule has 2 N–H and O–H groups in total. The maximum Gasteiger partial charge on any atom is 0.191 e. The molecule has 0 aromatic carbocycles. The van der Waals surface area contributed by atoms with Crippen LogP contribution in [0.15, 0.2) is 17.4 Å². The number of guanidine groups is 1. The molecule has 0 saturated heterocycles. The molecule has 1 aliphatic carbocycles. The average Bonchev–Trinajstić information content (AvgIpc) is 2.93. The second-order valence-electron chi connectivity index (χ2n) is 8.17. The molecular weight excluding hydrogens is 425 g/mol. The van der Waals surface area contributed by atoms with Gasteiger partial charge in [-0.05, 0) is 43.9 Å². The van der Waals surface area contributed by atoms with Crippen LogP contribution in [0.3, 0.4) is 0 Å². The molecule has 1 aliphatic rings. The molecule has 0 bridgehead atoms. The summed E-state index contributed by atoms with van der Waals surface area (Å²) in [4.78, 5) is 9.23. The van der Waals surface area contributed by atoms with Crippen LogP contribution in [0.25, 0.3) is 0 Å². The first kappa shape index (κ1) is 22.3. The van der Waals surface area contributed by atoms with Crippen LogP contribution in [0.2, 0.25) is 0 Å². The maximum atomic E-state index is 4.77. The van der Waals surface area contributed by atoms with Crippen molar-refractivity contribution in [2.75, 3.05) is 6.54 Å². The number of nitrogens with one attached hydrogen (secondary N) is 2. The topological polar surface area (TPSA) is 54.2 Å². The van der Waals surface area contributed by atoms with Gasteiger partial charge in [0.25, 0.3) is 0 Å². The van der Waals surface area contributed by atoms with Gasteiger partial charge in [-0.25, -0.2) is 9.98 Å². The third-order valence-corrected chi connectivity index (χ3v) is 4.77. The van der Waals surface area contributed by atoms with E-state index in [0.29, 0.717) is 23.9 Å². The Bertz CT molecular complexity index is 526. The maximum absolute atomic E-state index is 4.77. The fourth-order valence-electron chi connectivity index (χ4n) is 3.26. The van der Waals surface area contributed by atoms with E-state index in [1.807, 2.05) is 6.20 Å². The molecule has 1 fully saturated rings. The van der Waals surface area contributed by atoms with E-state index in [0.717, 1.165) is 24.9 Å². The lowest BCUT2D eigenvalue weighted by Crippen LogP contribution is -2.45. The van der Waals surface area contributed by atoms with E-state index in [4.69, 9.17) is 4.99 Å². The predicted molar refractivity (Wildman–Crippen MR) is 116 cm³/mol. The van der Waals surface area contributed by atoms with Crippen molar-refractivity contribution in [1.82, 2.24) is 20.2 Å². The Hall–Kier alpha value is -0.790. The van der Waals surface area contributed by atoms with Gasteiger partial charge in [0.05, 0.1) is 0 Å². The van der Waals surface area contributed by atoms with E-state index in [2.05, 4.69) is 61.0 Å². The summed E-state index contributed by atoms with van der Waals surface area (Å²) in [5.74, 6) is 2.56. The lowest BCUT2D eigenvalue weighted by atomic mass is 9.75. The highest BCUT2D eigenvalue weighted by atomic mass is 127. The van der Waals surface area contributed by atoms with Gasteiger partial charge >= 0.3 is 0 Å². The summed E-state index contributed by atoms with van der Waals surface area (Å²) in [7, 11) is 0. The van der Waals surface area contributed by atoms with Gasteiger partial charge in [0.15, 0.2) is 5.96 Å². The molecule has 1 aromatic rings. The van der Waals surface area contributed by atoms with Gasteiger partial charge in [-0.1, -0.05) is 27.7 Å². The van der Waals surface area contributed by atoms with Crippen LogP contribution >= 0.6 is 24.0 Å². The zero-order valence-electron chi connectivity index (χ0n) is 16.5. The molecule has 1 aromatic heterocycles. The average molecular weight is 461 g/mol. The van der Waals surface area contributed by atoms with Crippen molar-refractivity contribution in [3.05, 3.63) is 18.2 Å². The number of hydrogen-bond donors (Lipinski definition) is 2. The van der Waals surface area contributed by atoms with E-state index < -0.39 is 0 Å². The van der Waals surface area contributed by atoms with Gasteiger partial charge in [0, 0.05) is 31.5 Å². The lowest BCUT2D eigenvalue weighted by molar-refractivity contribution is 0.216. The highest BCUT2D eigenvalue weighted by Crippen LogP contribution is 2.34. The number of rotatable bonds is 6. The second-order valence-corrected chi connectivity index (χ2v) is 8.17. The fraction of sp³-hybridized carbons (Fsp3) is 0.789. The highest BCUT2D eigenvalue weighted by molar-refractivity contribution is 14.0. The molecule has 6 heteroatoms. The van der Waals surface area contributed by atoms with Crippen LogP contribution in [0.4, 0.5) is 0 Å². The molecule has 0 spiro atoms. The first-order chi connectivity index (χ1) is 11.4. The van der Waals surface area contributed by atoms with Gasteiger partial charge in [-0.2, -0.15) is 0 Å². The molecule has 25 heavy (non-hydrogen) atoms. The van der Waals surface area contributed by atoms with E-state index in [9.17, 15) is 0 Å². The third kappa shape index (κ3) is 7.54. The molecule has 2 rings (SSSR count). The van der Waals surface area contributed by atoms with Crippen molar-refractivity contribution in [1.29, 1.82) is 0 Å². The van der Waals surface area contributed by atoms with Crippen molar-refractivity contribution in [2.24, 2.45) is 16.3 Å². The zero-order valence-corrected chi connectivity index (χ0v) is 18.8. The summed E-state index contributed by atoms with van der Waals surface area (Å²) in [6.07, 6.45) is 8.93. The Kier molecular flexibility index (Phi) is 9.24. The molecule has 0 amide bonds. The number of aliphatic imine (C=N–C) groups is 1. The summed E-state index contributed by atoms with van der Waals surface area (Å²) in [5.41, 5.74) is 0.495. The van der Waals surface area contributed by atoms with E-state index >= 15 is 0 Å². The van der Waals surface area contributed by atoms with Crippen molar-refractivity contribution in [3.8, 4) is 0 Å². The minimum absolute atomic E-state index is 0. The molecule has 0 radical (unpaired) electrons. The van der Waals surface area contributed by atoms with Crippen molar-refractivity contribution in [2.45, 2.75) is 79.4 Å². The molecule has 1 saturated carbocycles. The van der Waals surface area contributed by atoms with Crippen LogP contribution in [-0.4, -0.2) is 28.1 Å². The van der Waals surface area contributed by atoms with Gasteiger partial charge in [0.1, 0.15) is 12.4 Å². The summed E-state index contributed by atoms with van der Waals surface area (Å²) in [6, 6.07) is 0.534. The fourth-order valence-corrected chi connectivity index (χ4v) is 3.26. The monoisotopic (exact) mass is 461 g/mol. The molecule has 5 nitrogen and oxygen atoms in total. The molecule has 0 aliphatic heterocycles. The Morgan fingerprint density at radius 3 is 2.64 bits per heavy atom. The van der Waals surface area contributed by atoms with Crippen LogP contribution < -0.4 is 10.6 Å². The Morgan fingerprint density at radius 2 is 2.04 bits per heavy atom. The quantitative estimate of drug-likeness (QED) is 0.380. The summed E-state index contributed by atoms with van der Waals surface area (Å²) in [5, 5.41) is 6.99. The molecule has 1 heterocycles. The first-order valence-electron chi connectivity index (χ1n) is 9.44. The molecular formula is C19H36IN5. The smallest absolute Gasteiger partial charge is 0.191 e. The number of hydrogen-bond acceptors (Lipinski definition) is 2. The normalized spacial score (nSPS) is 18.1. The minimum atomic E-state index is 0. The van der Waals surface area contributed by atoms with Crippen molar-refractivity contribution in [3.63, 3.8) is 0 Å². The van der Waals surface area contributed by atoms with Crippen LogP contribution in [0.5, 0.6) is 0 Å². The van der Waals surface area contributed by atoms with Gasteiger partial charge in [0.2, 0.25) is 0 Å². The van der Waals surface area contributed by atoms with E-state index in [-0.39, 0.29) is 24.0 Å². The molecule has 0 atom stereocenters. The Balaban J connectivity index is 0.00000312. The Labute approximate surface area is 170 Å². The number of halogens is 1. The second kappa shape index (κ2) is 10.4. The largest absolute Gasteiger partial charge is 0.357 e. The van der Waals surface area contributed by atoms with Gasteiger partial charge in [-0.3, -0.25) is 0 Å². The summed E-state index contributed by atoms with van der Waals surface area (Å²) in [6.45, 7) is 13.8. The lowest BCUT2D eigenvalue weighted by Gasteiger charge is -2.35. The number of nitrogens with zero attached hydrogens (tertiary/aromatic N) is 3. The van der Waals surface area contributed by atoms with Crippen molar-refractivity contribution < 1.29 is 0 Å². The molecule has 144 valence electrons.